The number of halogens is 1. The zero-order chi connectivity index (χ0) is 27.1. The summed E-state index contributed by atoms with van der Waals surface area (Å²) in [5.41, 5.74) is 6.32. The molecule has 5 heteroatoms. The van der Waals surface area contributed by atoms with Gasteiger partial charge in [0.15, 0.2) is 5.58 Å². The Morgan fingerprint density at radius 3 is 2.12 bits per heavy atom. The molecule has 0 saturated heterocycles. The molecule has 0 aliphatic rings. The molecule has 194 valence electrons. The fourth-order valence-electron chi connectivity index (χ4n) is 6.10. The van der Waals surface area contributed by atoms with Crippen LogP contribution in [0.1, 0.15) is 0 Å². The monoisotopic (exact) mass is 565 g/mol. The van der Waals surface area contributed by atoms with Crippen molar-refractivity contribution in [3.05, 3.63) is 126 Å². The summed E-state index contributed by atoms with van der Waals surface area (Å²) >= 11 is 8.50. The van der Waals surface area contributed by atoms with Gasteiger partial charge in [-0.05, 0) is 66.7 Å². The number of rotatable bonds is 3. The molecular weight excluding hydrogens is 546 g/mol. The molecule has 0 amide bonds. The largest absolute Gasteiger partial charge is 0.456 e. The van der Waals surface area contributed by atoms with E-state index >= 15 is 0 Å². The minimum atomic E-state index is 0.683. The second kappa shape index (κ2) is 8.61. The Labute approximate surface area is 243 Å². The number of benzene rings is 6. The topological polar surface area (TPSA) is 29.5 Å². The van der Waals surface area contributed by atoms with Gasteiger partial charge in [0.25, 0.3) is 0 Å². The van der Waals surface area contributed by atoms with Crippen molar-refractivity contribution in [1.29, 1.82) is 0 Å². The third-order valence-electron chi connectivity index (χ3n) is 7.93. The summed E-state index contributed by atoms with van der Waals surface area (Å²) in [6, 6.07) is 42.0. The van der Waals surface area contributed by atoms with Crippen LogP contribution in [0.5, 0.6) is 0 Å². The molecule has 0 radical (unpaired) electrons. The fourth-order valence-corrected chi connectivity index (χ4v) is 7.45. The van der Waals surface area contributed by atoms with E-state index in [1.54, 1.807) is 0 Å². The highest BCUT2D eigenvalue weighted by Crippen LogP contribution is 2.46. The minimum absolute atomic E-state index is 0.683. The highest BCUT2D eigenvalue weighted by atomic mass is 35.5. The van der Waals surface area contributed by atoms with E-state index in [0.717, 1.165) is 60.9 Å². The van der Waals surface area contributed by atoms with Crippen LogP contribution in [0.15, 0.2) is 130 Å². The van der Waals surface area contributed by atoms with E-state index in [2.05, 4.69) is 95.9 Å². The van der Waals surface area contributed by atoms with E-state index in [0.29, 0.717) is 5.02 Å². The second-order valence-corrected chi connectivity index (χ2v) is 11.8. The van der Waals surface area contributed by atoms with Gasteiger partial charge in [0.1, 0.15) is 16.7 Å². The first kappa shape index (κ1) is 23.0. The van der Waals surface area contributed by atoms with Crippen molar-refractivity contribution in [1.82, 2.24) is 0 Å². The number of hydrogen-bond acceptors (Lipinski definition) is 4. The Balaban J connectivity index is 1.36. The first-order valence-corrected chi connectivity index (χ1v) is 14.6. The van der Waals surface area contributed by atoms with E-state index in [1.165, 1.54) is 20.2 Å². The lowest BCUT2D eigenvalue weighted by molar-refractivity contribution is 0.669. The fraction of sp³-hybridized carbons (Fsp3) is 0. The summed E-state index contributed by atoms with van der Waals surface area (Å²) in [7, 11) is 0. The summed E-state index contributed by atoms with van der Waals surface area (Å²) in [6.07, 6.45) is 0. The molecule has 41 heavy (non-hydrogen) atoms. The Hall–Kier alpha value is -4.77. The van der Waals surface area contributed by atoms with E-state index in [1.807, 2.05) is 41.7 Å². The van der Waals surface area contributed by atoms with Crippen LogP contribution in [-0.2, 0) is 0 Å². The Kier molecular flexibility index (Phi) is 4.83. The number of furan rings is 2. The molecule has 3 nitrogen and oxygen atoms in total. The molecular formula is C36H20ClNO2S. The maximum Gasteiger partial charge on any atom is 0.159 e. The maximum absolute atomic E-state index is 6.68. The summed E-state index contributed by atoms with van der Waals surface area (Å²) in [4.78, 5) is 2.28. The van der Waals surface area contributed by atoms with Crippen molar-refractivity contribution < 1.29 is 8.83 Å². The zero-order valence-corrected chi connectivity index (χ0v) is 23.2. The molecule has 3 heterocycles. The van der Waals surface area contributed by atoms with Gasteiger partial charge < -0.3 is 13.7 Å². The van der Waals surface area contributed by atoms with Gasteiger partial charge in [0.05, 0.1) is 10.7 Å². The van der Waals surface area contributed by atoms with Crippen molar-refractivity contribution in [2.75, 3.05) is 4.90 Å². The normalized spacial score (nSPS) is 12.0. The van der Waals surface area contributed by atoms with Gasteiger partial charge in [-0.25, -0.2) is 0 Å². The number of para-hydroxylation sites is 2. The van der Waals surface area contributed by atoms with Crippen LogP contribution in [0.4, 0.5) is 17.1 Å². The van der Waals surface area contributed by atoms with Crippen molar-refractivity contribution in [2.45, 2.75) is 0 Å². The van der Waals surface area contributed by atoms with E-state index in [-0.39, 0.29) is 0 Å². The van der Waals surface area contributed by atoms with Crippen molar-refractivity contribution in [3.63, 3.8) is 0 Å². The Morgan fingerprint density at radius 1 is 0.512 bits per heavy atom. The average Bonchev–Trinajstić information content (AvgIpc) is 3.69. The Bertz CT molecular complexity index is 2350. The van der Waals surface area contributed by atoms with Gasteiger partial charge in [0.2, 0.25) is 0 Å². The molecule has 0 N–H and O–H groups in total. The lowest BCUT2D eigenvalue weighted by atomic mass is 10.1. The van der Waals surface area contributed by atoms with Crippen LogP contribution < -0.4 is 4.90 Å². The van der Waals surface area contributed by atoms with Crippen LogP contribution in [-0.4, -0.2) is 0 Å². The number of hydrogen-bond donors (Lipinski definition) is 0. The van der Waals surface area contributed by atoms with Crippen molar-refractivity contribution in [2.24, 2.45) is 0 Å². The standard InChI is InChI=1S/C36H20ClNO2S/c37-28-10-6-13-32-35(28)25-9-5-11-29(36(25)40-32)38(21-15-17-31-26(19-21)23-7-1-3-12-30(23)39-31)22-16-18-34-27(20-22)24-8-2-4-14-33(24)41-34/h1-20H. The quantitative estimate of drug-likeness (QED) is 0.213. The highest BCUT2D eigenvalue weighted by Gasteiger charge is 2.22. The minimum Gasteiger partial charge on any atom is -0.456 e. The summed E-state index contributed by atoms with van der Waals surface area (Å²) in [6.45, 7) is 0. The number of thiophene rings is 1. The van der Waals surface area contributed by atoms with E-state index < -0.39 is 0 Å². The molecule has 6 aromatic carbocycles. The van der Waals surface area contributed by atoms with Crippen LogP contribution in [0, 0.1) is 0 Å². The SMILES string of the molecule is Clc1cccc2oc3c(N(c4ccc5oc6ccccc6c5c4)c4ccc5sc6ccccc6c5c4)cccc3c12. The van der Waals surface area contributed by atoms with Crippen LogP contribution in [0.25, 0.3) is 64.0 Å². The maximum atomic E-state index is 6.68. The van der Waals surface area contributed by atoms with E-state index in [4.69, 9.17) is 20.4 Å². The van der Waals surface area contributed by atoms with Gasteiger partial charge in [-0.1, -0.05) is 66.2 Å². The third kappa shape index (κ3) is 3.38. The molecule has 0 atom stereocenters. The number of anilines is 3. The smallest absolute Gasteiger partial charge is 0.159 e. The van der Waals surface area contributed by atoms with Gasteiger partial charge in [0, 0.05) is 53.1 Å². The molecule has 0 bridgehead atoms. The average molecular weight is 566 g/mol. The van der Waals surface area contributed by atoms with Crippen LogP contribution in [0.3, 0.4) is 0 Å². The lowest BCUT2D eigenvalue weighted by Crippen LogP contribution is -2.10. The summed E-state index contributed by atoms with van der Waals surface area (Å²) in [5.74, 6) is 0. The third-order valence-corrected chi connectivity index (χ3v) is 9.40. The predicted octanol–water partition coefficient (Wildman–Crippen LogP) is 12.0. The number of nitrogens with zero attached hydrogens (tertiary/aromatic N) is 1. The number of fused-ring (bicyclic) bond motifs is 9. The van der Waals surface area contributed by atoms with E-state index in [9.17, 15) is 0 Å². The highest BCUT2D eigenvalue weighted by molar-refractivity contribution is 7.25. The molecule has 0 saturated carbocycles. The molecule has 0 aliphatic carbocycles. The molecule has 3 aromatic heterocycles. The lowest BCUT2D eigenvalue weighted by Gasteiger charge is -2.25. The van der Waals surface area contributed by atoms with Gasteiger partial charge >= 0.3 is 0 Å². The first-order valence-electron chi connectivity index (χ1n) is 13.5. The first-order chi connectivity index (χ1) is 20.2. The van der Waals surface area contributed by atoms with Crippen LogP contribution >= 0.6 is 22.9 Å². The van der Waals surface area contributed by atoms with Crippen molar-refractivity contribution >= 4 is 104 Å². The molecule has 0 spiro atoms. The molecule has 0 unspecified atom stereocenters. The van der Waals surface area contributed by atoms with Gasteiger partial charge in [-0.3, -0.25) is 0 Å². The molecule has 9 aromatic rings. The van der Waals surface area contributed by atoms with Gasteiger partial charge in [-0.15, -0.1) is 11.3 Å². The van der Waals surface area contributed by atoms with Crippen LogP contribution in [0.2, 0.25) is 5.02 Å². The Morgan fingerprint density at radius 2 is 1.20 bits per heavy atom. The van der Waals surface area contributed by atoms with Gasteiger partial charge in [-0.2, -0.15) is 0 Å². The summed E-state index contributed by atoms with van der Waals surface area (Å²) in [5, 5.41) is 7.28. The second-order valence-electron chi connectivity index (χ2n) is 10.3. The van der Waals surface area contributed by atoms with Crippen molar-refractivity contribution in [3.8, 4) is 0 Å². The zero-order valence-electron chi connectivity index (χ0n) is 21.6. The molecule has 0 aliphatic heterocycles. The summed E-state index contributed by atoms with van der Waals surface area (Å²) < 4.78 is 15.2. The molecule has 0 fully saturated rings. The predicted molar refractivity (Wildman–Crippen MR) is 174 cm³/mol. The molecule has 9 rings (SSSR count).